The van der Waals surface area contributed by atoms with Crippen molar-refractivity contribution in [1.82, 2.24) is 0 Å². The molecule has 0 spiro atoms. The van der Waals surface area contributed by atoms with Gasteiger partial charge in [0.1, 0.15) is 0 Å². The van der Waals surface area contributed by atoms with Crippen LogP contribution in [0.1, 0.15) is 16.7 Å². The molecule has 1 aromatic carbocycles. The first-order valence-corrected chi connectivity index (χ1v) is 4.07. The zero-order valence-corrected chi connectivity index (χ0v) is 7.78. The second-order valence-corrected chi connectivity index (χ2v) is 2.97. The van der Waals surface area contributed by atoms with Crippen molar-refractivity contribution in [1.29, 1.82) is 0 Å². The third-order valence-electron chi connectivity index (χ3n) is 1.91. The van der Waals surface area contributed by atoms with E-state index in [-0.39, 0.29) is 0 Å². The van der Waals surface area contributed by atoms with Crippen LogP contribution >= 0.6 is 0 Å². The number of halogens is 6. The largest absolute Gasteiger partial charge is 0.417 e. The van der Waals surface area contributed by atoms with Gasteiger partial charge in [0.25, 0.3) is 0 Å². The van der Waals surface area contributed by atoms with Crippen molar-refractivity contribution in [3.8, 4) is 0 Å². The fourth-order valence-electron chi connectivity index (χ4n) is 1.29. The fraction of sp³-hybridized carbons (Fsp3) is 0.200. The summed E-state index contributed by atoms with van der Waals surface area (Å²) in [6, 6.07) is 2.25. The predicted molar refractivity (Wildman–Crippen MR) is 46.5 cm³/mol. The number of alkyl halides is 6. The molecule has 0 bridgehead atoms. The molecule has 0 unspecified atom stereocenters. The summed E-state index contributed by atoms with van der Waals surface area (Å²) in [7, 11) is 0. The highest BCUT2D eigenvalue weighted by Crippen LogP contribution is 2.42. The van der Waals surface area contributed by atoms with E-state index >= 15 is 0 Å². The van der Waals surface area contributed by atoms with Crippen LogP contribution in [-0.2, 0) is 12.4 Å². The van der Waals surface area contributed by atoms with Crippen LogP contribution in [0.5, 0.6) is 0 Å². The van der Waals surface area contributed by atoms with Crippen molar-refractivity contribution in [2.75, 3.05) is 0 Å². The van der Waals surface area contributed by atoms with E-state index in [0.29, 0.717) is 6.07 Å². The van der Waals surface area contributed by atoms with Crippen molar-refractivity contribution in [2.24, 2.45) is 0 Å². The second-order valence-electron chi connectivity index (χ2n) is 2.97. The van der Waals surface area contributed by atoms with E-state index in [1.165, 1.54) is 0 Å². The number of hydrogen-bond acceptors (Lipinski definition) is 0. The van der Waals surface area contributed by atoms with Gasteiger partial charge in [-0.25, -0.2) is 0 Å². The lowest BCUT2D eigenvalue weighted by Crippen LogP contribution is -2.17. The van der Waals surface area contributed by atoms with Crippen molar-refractivity contribution in [3.05, 3.63) is 41.5 Å². The van der Waals surface area contributed by atoms with Crippen LogP contribution in [0, 0.1) is 0 Å². The molecule has 0 heterocycles. The Labute approximate surface area is 87.2 Å². The smallest absolute Gasteiger partial charge is 0.166 e. The molecule has 0 aliphatic rings. The Morgan fingerprint density at radius 2 is 1.50 bits per heavy atom. The quantitative estimate of drug-likeness (QED) is 0.639. The second kappa shape index (κ2) is 3.84. The monoisotopic (exact) mass is 240 g/mol. The van der Waals surface area contributed by atoms with Gasteiger partial charge < -0.3 is 0 Å². The predicted octanol–water partition coefficient (Wildman–Crippen LogP) is 4.37. The van der Waals surface area contributed by atoms with Crippen molar-refractivity contribution in [3.63, 3.8) is 0 Å². The molecule has 88 valence electrons. The molecule has 6 heteroatoms. The molecule has 0 saturated heterocycles. The summed E-state index contributed by atoms with van der Waals surface area (Å²) < 4.78 is 74.5. The molecule has 0 fully saturated rings. The van der Waals surface area contributed by atoms with E-state index < -0.39 is 29.0 Å². The molecule has 0 aliphatic carbocycles. The van der Waals surface area contributed by atoms with Crippen LogP contribution in [0.4, 0.5) is 26.3 Å². The summed E-state index contributed by atoms with van der Waals surface area (Å²) in [5, 5.41) is 0. The topological polar surface area (TPSA) is 0 Å². The lowest BCUT2D eigenvalue weighted by molar-refractivity contribution is -0.162. The number of hydrogen-bond donors (Lipinski definition) is 0. The lowest BCUT2D eigenvalue weighted by Gasteiger charge is -2.17. The van der Waals surface area contributed by atoms with Crippen molar-refractivity contribution >= 4 is 6.08 Å². The summed E-state index contributed by atoms with van der Waals surface area (Å²) in [6.45, 7) is 3.06. The van der Waals surface area contributed by atoms with Crippen molar-refractivity contribution in [2.45, 2.75) is 12.4 Å². The Morgan fingerprint density at radius 1 is 0.938 bits per heavy atom. The molecule has 0 amide bonds. The molecule has 0 aromatic heterocycles. The third kappa shape index (κ3) is 2.37. The summed E-state index contributed by atoms with van der Waals surface area (Å²) in [5.74, 6) is 0. The first kappa shape index (κ1) is 12.6. The van der Waals surface area contributed by atoms with E-state index in [2.05, 4.69) is 6.58 Å². The molecule has 16 heavy (non-hydrogen) atoms. The van der Waals surface area contributed by atoms with Gasteiger partial charge in [-0.2, -0.15) is 26.3 Å². The summed E-state index contributed by atoms with van der Waals surface area (Å²) in [4.78, 5) is 0. The van der Waals surface area contributed by atoms with Gasteiger partial charge in [-0.15, -0.1) is 0 Å². The highest BCUT2D eigenvalue weighted by Gasteiger charge is 2.44. The van der Waals surface area contributed by atoms with Crippen LogP contribution in [0.15, 0.2) is 24.8 Å². The molecule has 1 aromatic rings. The minimum Gasteiger partial charge on any atom is -0.166 e. The molecule has 0 aliphatic heterocycles. The van der Waals surface area contributed by atoms with Gasteiger partial charge in [-0.05, 0) is 11.6 Å². The van der Waals surface area contributed by atoms with Gasteiger partial charge in [0.2, 0.25) is 0 Å². The van der Waals surface area contributed by atoms with Gasteiger partial charge in [0.15, 0.2) is 0 Å². The van der Waals surface area contributed by atoms with Crippen LogP contribution in [-0.4, -0.2) is 0 Å². The summed E-state index contributed by atoms with van der Waals surface area (Å²) >= 11 is 0. The SMILES string of the molecule is C=Cc1cccc(C(F)(F)F)c1C(F)(F)F. The highest BCUT2D eigenvalue weighted by molar-refractivity contribution is 5.56. The molecule has 1 rings (SSSR count). The summed E-state index contributed by atoms with van der Waals surface area (Å²) in [6.07, 6.45) is -9.35. The van der Waals surface area contributed by atoms with E-state index in [1.807, 2.05) is 0 Å². The maximum absolute atomic E-state index is 12.5. The molecular weight excluding hydrogens is 234 g/mol. The maximum atomic E-state index is 12.5. The van der Waals surface area contributed by atoms with E-state index in [4.69, 9.17) is 0 Å². The van der Waals surface area contributed by atoms with E-state index in [1.54, 1.807) is 0 Å². The lowest BCUT2D eigenvalue weighted by atomic mass is 10.00. The minimum absolute atomic E-state index is 0.399. The Kier molecular flexibility index (Phi) is 3.03. The normalized spacial score (nSPS) is 12.6. The Morgan fingerprint density at radius 3 is 1.88 bits per heavy atom. The Hall–Kier alpha value is -1.46. The van der Waals surface area contributed by atoms with Crippen LogP contribution in [0.2, 0.25) is 0 Å². The average molecular weight is 240 g/mol. The fourth-order valence-corrected chi connectivity index (χ4v) is 1.29. The van der Waals surface area contributed by atoms with E-state index in [0.717, 1.165) is 18.2 Å². The zero-order valence-electron chi connectivity index (χ0n) is 7.78. The molecule has 0 nitrogen and oxygen atoms in total. The molecule has 0 atom stereocenters. The zero-order chi connectivity index (χ0) is 12.6. The standard InChI is InChI=1S/C10H6F6/c1-2-6-4-3-5-7(9(11,12)13)8(6)10(14,15)16/h2-5H,1H2. The number of benzene rings is 1. The van der Waals surface area contributed by atoms with Crippen molar-refractivity contribution < 1.29 is 26.3 Å². The maximum Gasteiger partial charge on any atom is 0.417 e. The molecule has 0 N–H and O–H groups in total. The highest BCUT2D eigenvalue weighted by atomic mass is 19.4. The summed E-state index contributed by atoms with van der Waals surface area (Å²) in [5.41, 5.74) is -3.97. The van der Waals surface area contributed by atoms with Crippen LogP contribution in [0.25, 0.3) is 6.08 Å². The minimum atomic E-state index is -5.06. The Bertz CT molecular complexity index is 399. The third-order valence-corrected chi connectivity index (χ3v) is 1.91. The first-order chi connectivity index (χ1) is 7.18. The van der Waals surface area contributed by atoms with Gasteiger partial charge in [0, 0.05) is 0 Å². The van der Waals surface area contributed by atoms with Gasteiger partial charge in [-0.3, -0.25) is 0 Å². The van der Waals surface area contributed by atoms with E-state index in [9.17, 15) is 26.3 Å². The first-order valence-electron chi connectivity index (χ1n) is 4.07. The van der Waals surface area contributed by atoms with Crippen LogP contribution < -0.4 is 0 Å². The average Bonchev–Trinajstić information content (AvgIpc) is 2.13. The van der Waals surface area contributed by atoms with Gasteiger partial charge >= 0.3 is 12.4 Å². The molecule has 0 radical (unpaired) electrons. The molecular formula is C10H6F6. The van der Waals surface area contributed by atoms with Gasteiger partial charge in [0.05, 0.1) is 11.1 Å². The van der Waals surface area contributed by atoms with Gasteiger partial charge in [-0.1, -0.05) is 24.8 Å². The molecule has 0 saturated carbocycles. The van der Waals surface area contributed by atoms with Crippen LogP contribution in [0.3, 0.4) is 0 Å². The number of rotatable bonds is 1. The Balaban J connectivity index is 3.57.